The number of nitrogens with zero attached hydrogens (tertiary/aromatic N) is 3. The molecule has 3 aromatic rings. The summed E-state index contributed by atoms with van der Waals surface area (Å²) < 4.78 is 2.27. The van der Waals surface area contributed by atoms with Crippen LogP contribution in [-0.2, 0) is 6.54 Å². The number of piperidine rings is 1. The largest absolute Gasteiger partial charge is 0.339 e. The van der Waals surface area contributed by atoms with Gasteiger partial charge in [-0.2, -0.15) is 0 Å². The van der Waals surface area contributed by atoms with Crippen LogP contribution in [0, 0.1) is 11.8 Å². The molecule has 0 radical (unpaired) electrons. The van der Waals surface area contributed by atoms with Gasteiger partial charge in [0, 0.05) is 35.9 Å². The van der Waals surface area contributed by atoms with E-state index >= 15 is 0 Å². The van der Waals surface area contributed by atoms with E-state index in [-0.39, 0.29) is 5.91 Å². The second-order valence-electron chi connectivity index (χ2n) is 7.53. The summed E-state index contributed by atoms with van der Waals surface area (Å²) in [5, 5.41) is 4.05. The molecule has 4 nitrogen and oxygen atoms in total. The number of amides is 1. The molecule has 0 N–H and O–H groups in total. The summed E-state index contributed by atoms with van der Waals surface area (Å²) >= 11 is 1.56. The predicted molar refractivity (Wildman–Crippen MR) is 108 cm³/mol. The van der Waals surface area contributed by atoms with Crippen molar-refractivity contribution in [3.05, 3.63) is 41.4 Å². The van der Waals surface area contributed by atoms with Crippen LogP contribution < -0.4 is 0 Å². The summed E-state index contributed by atoms with van der Waals surface area (Å²) in [6, 6.07) is 10.6. The summed E-state index contributed by atoms with van der Waals surface area (Å²) in [4.78, 5) is 19.6. The SMILES string of the molecule is CCn1c(-c2nc(C(=O)N3CC(C)CC(C)C3)cs2)cc2ccccc21. The van der Waals surface area contributed by atoms with Gasteiger partial charge in [0.05, 0.1) is 5.69 Å². The van der Waals surface area contributed by atoms with Crippen molar-refractivity contribution >= 4 is 28.1 Å². The van der Waals surface area contributed by atoms with Crippen molar-refractivity contribution in [2.24, 2.45) is 11.8 Å². The molecule has 1 saturated heterocycles. The minimum Gasteiger partial charge on any atom is -0.339 e. The first-order valence-corrected chi connectivity index (χ1v) is 10.3. The van der Waals surface area contributed by atoms with E-state index in [9.17, 15) is 4.79 Å². The molecular formula is C21H25N3OS. The van der Waals surface area contributed by atoms with Crippen molar-refractivity contribution in [2.45, 2.75) is 33.7 Å². The first-order chi connectivity index (χ1) is 12.6. The zero-order valence-corrected chi connectivity index (χ0v) is 16.4. The van der Waals surface area contributed by atoms with Gasteiger partial charge in [0.15, 0.2) is 0 Å². The van der Waals surface area contributed by atoms with E-state index in [1.54, 1.807) is 11.3 Å². The summed E-state index contributed by atoms with van der Waals surface area (Å²) in [5.41, 5.74) is 2.89. The van der Waals surface area contributed by atoms with E-state index in [0.29, 0.717) is 17.5 Å². The maximum absolute atomic E-state index is 12.9. The third-order valence-electron chi connectivity index (χ3n) is 5.23. The average Bonchev–Trinajstić information content (AvgIpc) is 3.24. The highest BCUT2D eigenvalue weighted by molar-refractivity contribution is 7.13. The molecule has 0 bridgehead atoms. The molecule has 2 aromatic heterocycles. The Kier molecular flexibility index (Phi) is 4.57. The zero-order valence-electron chi connectivity index (χ0n) is 15.6. The Morgan fingerprint density at radius 1 is 1.23 bits per heavy atom. The van der Waals surface area contributed by atoms with Crippen molar-refractivity contribution in [3.63, 3.8) is 0 Å². The number of hydrogen-bond acceptors (Lipinski definition) is 3. The summed E-state index contributed by atoms with van der Waals surface area (Å²) in [7, 11) is 0. The number of para-hydroxylation sites is 1. The first kappa shape index (κ1) is 17.3. The highest BCUT2D eigenvalue weighted by Crippen LogP contribution is 2.31. The standard InChI is InChI=1S/C21H25N3OS/c1-4-24-18-8-6-5-7-16(18)10-19(24)20-22-17(13-26-20)21(25)23-11-14(2)9-15(3)12-23/h5-8,10,13-15H,4,9,11-12H2,1-3H3. The van der Waals surface area contributed by atoms with E-state index in [1.165, 1.54) is 17.3 Å². The fourth-order valence-corrected chi connectivity index (χ4v) is 5.03. The van der Waals surface area contributed by atoms with E-state index in [1.807, 2.05) is 10.3 Å². The smallest absolute Gasteiger partial charge is 0.273 e. The summed E-state index contributed by atoms with van der Waals surface area (Å²) in [5.74, 6) is 1.19. The fraction of sp³-hybridized carbons (Fsp3) is 0.429. The average molecular weight is 368 g/mol. The summed E-state index contributed by atoms with van der Waals surface area (Å²) in [6.45, 7) is 9.15. The molecule has 2 atom stereocenters. The third kappa shape index (κ3) is 3.05. The highest BCUT2D eigenvalue weighted by atomic mass is 32.1. The van der Waals surface area contributed by atoms with Crippen LogP contribution in [0.2, 0.25) is 0 Å². The number of fused-ring (bicyclic) bond motifs is 1. The Morgan fingerprint density at radius 3 is 2.69 bits per heavy atom. The number of thiazole rings is 1. The molecule has 136 valence electrons. The monoisotopic (exact) mass is 367 g/mol. The zero-order chi connectivity index (χ0) is 18.3. The van der Waals surface area contributed by atoms with Crippen molar-refractivity contribution < 1.29 is 4.79 Å². The molecule has 2 unspecified atom stereocenters. The van der Waals surface area contributed by atoms with E-state index in [0.717, 1.165) is 30.3 Å². The molecule has 0 saturated carbocycles. The third-order valence-corrected chi connectivity index (χ3v) is 6.09. The number of rotatable bonds is 3. The van der Waals surface area contributed by atoms with Gasteiger partial charge in [-0.3, -0.25) is 4.79 Å². The van der Waals surface area contributed by atoms with Gasteiger partial charge in [0.1, 0.15) is 10.7 Å². The van der Waals surface area contributed by atoms with Gasteiger partial charge in [-0.1, -0.05) is 32.0 Å². The minimum absolute atomic E-state index is 0.0741. The van der Waals surface area contributed by atoms with Crippen LogP contribution in [0.1, 0.15) is 37.7 Å². The van der Waals surface area contributed by atoms with Crippen LogP contribution in [0.5, 0.6) is 0 Å². The molecule has 0 aliphatic carbocycles. The van der Waals surface area contributed by atoms with Crippen LogP contribution in [0.4, 0.5) is 0 Å². The maximum atomic E-state index is 12.9. The Labute approximate surface area is 158 Å². The maximum Gasteiger partial charge on any atom is 0.273 e. The van der Waals surface area contributed by atoms with Crippen LogP contribution in [0.25, 0.3) is 21.6 Å². The normalized spacial score (nSPS) is 20.7. The number of likely N-dealkylation sites (tertiary alicyclic amines) is 1. The van der Waals surface area contributed by atoms with Gasteiger partial charge in [-0.05, 0) is 37.3 Å². The molecule has 26 heavy (non-hydrogen) atoms. The molecule has 3 heterocycles. The fourth-order valence-electron chi connectivity index (χ4n) is 4.21. The van der Waals surface area contributed by atoms with Crippen LogP contribution >= 0.6 is 11.3 Å². The quantitative estimate of drug-likeness (QED) is 0.660. The Bertz CT molecular complexity index is 932. The van der Waals surface area contributed by atoms with E-state index in [4.69, 9.17) is 4.98 Å². The Morgan fingerprint density at radius 2 is 1.96 bits per heavy atom. The molecule has 1 aromatic carbocycles. The number of aryl methyl sites for hydroxylation is 1. The number of carbonyl (C=O) groups excluding carboxylic acids is 1. The van der Waals surface area contributed by atoms with E-state index < -0.39 is 0 Å². The second kappa shape index (κ2) is 6.88. The van der Waals surface area contributed by atoms with Crippen molar-refractivity contribution in [1.29, 1.82) is 0 Å². The lowest BCUT2D eigenvalue weighted by Gasteiger charge is -2.34. The minimum atomic E-state index is 0.0741. The van der Waals surface area contributed by atoms with Gasteiger partial charge in [-0.25, -0.2) is 4.98 Å². The number of aromatic nitrogens is 2. The van der Waals surface area contributed by atoms with E-state index in [2.05, 4.69) is 55.7 Å². The topological polar surface area (TPSA) is 38.1 Å². The molecular weight excluding hydrogens is 342 g/mol. The first-order valence-electron chi connectivity index (χ1n) is 9.40. The van der Waals surface area contributed by atoms with Gasteiger partial charge >= 0.3 is 0 Å². The Balaban J connectivity index is 1.65. The van der Waals surface area contributed by atoms with Crippen LogP contribution in [-0.4, -0.2) is 33.4 Å². The summed E-state index contributed by atoms with van der Waals surface area (Å²) in [6.07, 6.45) is 1.20. The Hall–Kier alpha value is -2.14. The number of benzene rings is 1. The molecule has 0 spiro atoms. The molecule has 1 fully saturated rings. The lowest BCUT2D eigenvalue weighted by atomic mass is 9.92. The molecule has 1 aliphatic heterocycles. The van der Waals surface area contributed by atoms with Gasteiger partial charge in [-0.15, -0.1) is 11.3 Å². The second-order valence-corrected chi connectivity index (χ2v) is 8.38. The van der Waals surface area contributed by atoms with Crippen LogP contribution in [0.15, 0.2) is 35.7 Å². The van der Waals surface area contributed by atoms with Crippen LogP contribution in [0.3, 0.4) is 0 Å². The lowest BCUT2D eigenvalue weighted by molar-refractivity contribution is 0.0618. The molecule has 5 heteroatoms. The highest BCUT2D eigenvalue weighted by Gasteiger charge is 2.27. The molecule has 4 rings (SSSR count). The van der Waals surface area contributed by atoms with Crippen molar-refractivity contribution in [1.82, 2.24) is 14.5 Å². The van der Waals surface area contributed by atoms with Gasteiger partial charge in [0.25, 0.3) is 5.91 Å². The van der Waals surface area contributed by atoms with Gasteiger partial charge in [0.2, 0.25) is 0 Å². The predicted octanol–water partition coefficient (Wildman–Crippen LogP) is 4.90. The molecule has 1 amide bonds. The lowest BCUT2D eigenvalue weighted by Crippen LogP contribution is -2.42. The molecule has 1 aliphatic rings. The van der Waals surface area contributed by atoms with Crippen molar-refractivity contribution in [3.8, 4) is 10.7 Å². The number of hydrogen-bond donors (Lipinski definition) is 0. The van der Waals surface area contributed by atoms with Crippen molar-refractivity contribution in [2.75, 3.05) is 13.1 Å². The van der Waals surface area contributed by atoms with Gasteiger partial charge < -0.3 is 9.47 Å². The number of carbonyl (C=O) groups is 1.